The lowest BCUT2D eigenvalue weighted by Gasteiger charge is -2.03. The molecule has 0 radical (unpaired) electrons. The molecule has 2 aromatic rings. The van der Waals surface area contributed by atoms with Crippen LogP contribution in [0.5, 0.6) is 0 Å². The number of carbonyl (C=O) groups is 1. The summed E-state index contributed by atoms with van der Waals surface area (Å²) in [7, 11) is 0. The second kappa shape index (κ2) is 4.65. The van der Waals surface area contributed by atoms with Gasteiger partial charge in [0.25, 0.3) is 0 Å². The quantitative estimate of drug-likeness (QED) is 0.818. The van der Waals surface area contributed by atoms with Crippen LogP contribution in [0.25, 0.3) is 11.3 Å². The number of hydrogen-bond donors (Lipinski definition) is 1. The van der Waals surface area contributed by atoms with Gasteiger partial charge in [0.2, 0.25) is 0 Å². The highest BCUT2D eigenvalue weighted by atomic mass is 16.4. The maximum Gasteiger partial charge on any atom is 0.356 e. The van der Waals surface area contributed by atoms with Gasteiger partial charge in [-0.05, 0) is 11.6 Å². The first-order valence-corrected chi connectivity index (χ1v) is 5.20. The molecule has 0 aliphatic heterocycles. The van der Waals surface area contributed by atoms with Crippen molar-refractivity contribution >= 4 is 5.97 Å². The Morgan fingerprint density at radius 3 is 2.71 bits per heavy atom. The zero-order chi connectivity index (χ0) is 12.3. The van der Waals surface area contributed by atoms with E-state index in [1.165, 1.54) is 0 Å². The number of aromatic nitrogens is 2. The van der Waals surface area contributed by atoms with Crippen LogP contribution in [-0.4, -0.2) is 20.9 Å². The van der Waals surface area contributed by atoms with Crippen molar-refractivity contribution in [1.82, 2.24) is 9.78 Å². The molecule has 1 aromatic carbocycles. The van der Waals surface area contributed by atoms with Crippen molar-refractivity contribution in [2.45, 2.75) is 6.54 Å². The first kappa shape index (κ1) is 11.1. The second-order valence-corrected chi connectivity index (χ2v) is 3.56. The van der Waals surface area contributed by atoms with Gasteiger partial charge in [0.1, 0.15) is 0 Å². The molecule has 0 unspecified atom stereocenters. The highest BCUT2D eigenvalue weighted by Gasteiger charge is 2.13. The third-order valence-corrected chi connectivity index (χ3v) is 2.37. The Bertz CT molecular complexity index is 544. The van der Waals surface area contributed by atoms with Gasteiger partial charge in [-0.2, -0.15) is 5.10 Å². The maximum atomic E-state index is 10.9. The molecule has 0 saturated heterocycles. The number of hydrogen-bond acceptors (Lipinski definition) is 2. The summed E-state index contributed by atoms with van der Waals surface area (Å²) in [5, 5.41) is 13.0. The Hall–Kier alpha value is -2.36. The molecule has 86 valence electrons. The molecule has 0 amide bonds. The molecule has 2 rings (SSSR count). The molecule has 0 fully saturated rings. The van der Waals surface area contributed by atoms with Gasteiger partial charge < -0.3 is 5.11 Å². The molecule has 1 N–H and O–H groups in total. The number of benzene rings is 1. The summed E-state index contributed by atoms with van der Waals surface area (Å²) < 4.78 is 1.63. The number of rotatable bonds is 4. The second-order valence-electron chi connectivity index (χ2n) is 3.56. The van der Waals surface area contributed by atoms with Crippen molar-refractivity contribution in [2.24, 2.45) is 0 Å². The van der Waals surface area contributed by atoms with E-state index in [4.69, 9.17) is 5.11 Å². The summed E-state index contributed by atoms with van der Waals surface area (Å²) in [6.07, 6.45) is 1.69. The summed E-state index contributed by atoms with van der Waals surface area (Å²) in [6, 6.07) is 11.1. The molecule has 4 heteroatoms. The number of allylic oxidation sites excluding steroid dienone is 1. The van der Waals surface area contributed by atoms with Crippen LogP contribution >= 0.6 is 0 Å². The van der Waals surface area contributed by atoms with Crippen molar-refractivity contribution in [3.8, 4) is 11.3 Å². The molecule has 1 aromatic heterocycles. The normalized spacial score (nSPS) is 10.1. The molecule has 0 atom stereocenters. The molecule has 0 bridgehead atoms. The highest BCUT2D eigenvalue weighted by Crippen LogP contribution is 2.20. The predicted octanol–water partition coefficient (Wildman–Crippen LogP) is 2.43. The average molecular weight is 228 g/mol. The maximum absolute atomic E-state index is 10.9. The summed E-state index contributed by atoms with van der Waals surface area (Å²) >= 11 is 0. The fourth-order valence-electron chi connectivity index (χ4n) is 1.62. The predicted molar refractivity (Wildman–Crippen MR) is 64.8 cm³/mol. The molecule has 4 nitrogen and oxygen atoms in total. The van der Waals surface area contributed by atoms with Crippen LogP contribution in [0, 0.1) is 0 Å². The van der Waals surface area contributed by atoms with Crippen LogP contribution in [0.2, 0.25) is 0 Å². The van der Waals surface area contributed by atoms with Crippen molar-refractivity contribution < 1.29 is 9.90 Å². The third kappa shape index (κ3) is 2.25. The first-order valence-electron chi connectivity index (χ1n) is 5.20. The monoisotopic (exact) mass is 228 g/mol. The lowest BCUT2D eigenvalue weighted by molar-refractivity contribution is 0.0689. The van der Waals surface area contributed by atoms with Crippen molar-refractivity contribution in [2.75, 3.05) is 0 Å². The fourth-order valence-corrected chi connectivity index (χ4v) is 1.62. The molecule has 0 spiro atoms. The highest BCUT2D eigenvalue weighted by molar-refractivity contribution is 5.87. The molecule has 0 aliphatic carbocycles. The van der Waals surface area contributed by atoms with Crippen LogP contribution in [0.15, 0.2) is 49.1 Å². The standard InChI is InChI=1S/C13H12N2O2/c1-2-8-15-12(9-11(14-15)13(16)17)10-6-4-3-5-7-10/h2-7,9H,1,8H2,(H,16,17). The van der Waals surface area contributed by atoms with Crippen molar-refractivity contribution in [1.29, 1.82) is 0 Å². The van der Waals surface area contributed by atoms with E-state index in [-0.39, 0.29) is 5.69 Å². The zero-order valence-corrected chi connectivity index (χ0v) is 9.21. The van der Waals surface area contributed by atoms with Crippen molar-refractivity contribution in [3.63, 3.8) is 0 Å². The minimum absolute atomic E-state index is 0.0469. The van der Waals surface area contributed by atoms with E-state index in [9.17, 15) is 4.79 Å². The van der Waals surface area contributed by atoms with E-state index in [2.05, 4.69) is 11.7 Å². The van der Waals surface area contributed by atoms with E-state index in [1.807, 2.05) is 30.3 Å². The van der Waals surface area contributed by atoms with Gasteiger partial charge >= 0.3 is 5.97 Å². The van der Waals surface area contributed by atoms with Gasteiger partial charge in [0, 0.05) is 0 Å². The average Bonchev–Trinajstić information content (AvgIpc) is 2.75. The summed E-state index contributed by atoms with van der Waals surface area (Å²) in [4.78, 5) is 10.9. The Balaban J connectivity index is 2.51. The van der Waals surface area contributed by atoms with Gasteiger partial charge in [-0.1, -0.05) is 36.4 Å². The number of aromatic carboxylic acids is 1. The minimum atomic E-state index is -1.02. The molecule has 0 aliphatic rings. The van der Waals surface area contributed by atoms with E-state index in [1.54, 1.807) is 16.8 Å². The molecule has 1 heterocycles. The molecule has 17 heavy (non-hydrogen) atoms. The third-order valence-electron chi connectivity index (χ3n) is 2.37. The Labute approximate surface area is 98.8 Å². The van der Waals surface area contributed by atoms with Crippen LogP contribution < -0.4 is 0 Å². The van der Waals surface area contributed by atoms with E-state index >= 15 is 0 Å². The van der Waals surface area contributed by atoms with Gasteiger partial charge in [-0.3, -0.25) is 4.68 Å². The van der Waals surface area contributed by atoms with Crippen molar-refractivity contribution in [3.05, 3.63) is 54.7 Å². The first-order chi connectivity index (χ1) is 8.22. The number of nitrogens with zero attached hydrogens (tertiary/aromatic N) is 2. The van der Waals surface area contributed by atoms with Gasteiger partial charge in [-0.15, -0.1) is 6.58 Å². The number of carboxylic acid groups (broad SMARTS) is 1. The minimum Gasteiger partial charge on any atom is -0.476 e. The van der Waals surface area contributed by atoms with Gasteiger partial charge in [-0.25, -0.2) is 4.79 Å². The van der Waals surface area contributed by atoms with Crippen LogP contribution in [0.4, 0.5) is 0 Å². The van der Waals surface area contributed by atoms with Crippen LogP contribution in [0.1, 0.15) is 10.5 Å². The SMILES string of the molecule is C=CCn1nc(C(=O)O)cc1-c1ccccc1. The zero-order valence-electron chi connectivity index (χ0n) is 9.21. The molecule has 0 saturated carbocycles. The Morgan fingerprint density at radius 2 is 2.12 bits per heavy atom. The van der Waals surface area contributed by atoms with E-state index in [0.717, 1.165) is 11.3 Å². The van der Waals surface area contributed by atoms with E-state index in [0.29, 0.717) is 6.54 Å². The lowest BCUT2D eigenvalue weighted by Crippen LogP contribution is -2.02. The van der Waals surface area contributed by atoms with Gasteiger partial charge in [0.15, 0.2) is 5.69 Å². The summed E-state index contributed by atoms with van der Waals surface area (Å²) in [6.45, 7) is 4.12. The Kier molecular flexibility index (Phi) is 3.05. The summed E-state index contributed by atoms with van der Waals surface area (Å²) in [5.74, 6) is -1.02. The van der Waals surface area contributed by atoms with E-state index < -0.39 is 5.97 Å². The van der Waals surface area contributed by atoms with Gasteiger partial charge in [0.05, 0.1) is 12.2 Å². The topological polar surface area (TPSA) is 55.1 Å². The fraction of sp³-hybridized carbons (Fsp3) is 0.0769. The Morgan fingerprint density at radius 1 is 1.41 bits per heavy atom. The molecular formula is C13H12N2O2. The smallest absolute Gasteiger partial charge is 0.356 e. The lowest BCUT2D eigenvalue weighted by atomic mass is 10.1. The largest absolute Gasteiger partial charge is 0.476 e. The van der Waals surface area contributed by atoms with Crippen LogP contribution in [0.3, 0.4) is 0 Å². The number of carboxylic acids is 1. The van der Waals surface area contributed by atoms with Crippen LogP contribution in [-0.2, 0) is 6.54 Å². The molecular weight excluding hydrogens is 216 g/mol. The summed E-state index contributed by atoms with van der Waals surface area (Å²) in [5.41, 5.74) is 1.77.